The highest BCUT2D eigenvalue weighted by molar-refractivity contribution is 7.46. The number of phosphoric acid groups is 1. The third kappa shape index (κ3) is 28.4. The Kier molecular flexibility index (Phi) is 10.3. The van der Waals surface area contributed by atoms with E-state index in [9.17, 15) is 9.36 Å². The van der Waals surface area contributed by atoms with Gasteiger partial charge in [-0.1, -0.05) is 0 Å². The molecule has 0 saturated heterocycles. The number of likely N-dealkylation sites (N-methyl/N-ethyl adjacent to an activating group) is 1. The number of nitrogens with zero attached hydrogens (tertiary/aromatic N) is 2. The number of carbonyl (C=O) groups is 1. The molecule has 0 spiro atoms. The van der Waals surface area contributed by atoms with Crippen LogP contribution >= 0.6 is 7.82 Å². The number of rotatable bonds is 8. The molecule has 0 radical (unpaired) electrons. The van der Waals surface area contributed by atoms with Crippen LogP contribution in [-0.2, 0) is 13.9 Å². The van der Waals surface area contributed by atoms with Crippen molar-refractivity contribution >= 4 is 13.8 Å². The van der Waals surface area contributed by atoms with E-state index in [1.807, 2.05) is 21.1 Å². The highest BCUT2D eigenvalue weighted by Crippen LogP contribution is 2.35. The highest BCUT2D eigenvalue weighted by Gasteiger charge is 2.16. The summed E-state index contributed by atoms with van der Waals surface area (Å²) in [6.45, 7) is 1.57. The normalized spacial score (nSPS) is 12.6. The number of hydrogen-bond acceptors (Lipinski definition) is 3. The van der Waals surface area contributed by atoms with Gasteiger partial charge < -0.3 is 23.9 Å². The molecule has 0 aromatic carbocycles. The summed E-state index contributed by atoms with van der Waals surface area (Å²) >= 11 is 0. The molecule has 9 heteroatoms. The predicted molar refractivity (Wildman–Crippen MR) is 80.7 cm³/mol. The lowest BCUT2D eigenvalue weighted by Crippen LogP contribution is -2.37. The van der Waals surface area contributed by atoms with E-state index >= 15 is 0 Å². The van der Waals surface area contributed by atoms with Crippen molar-refractivity contribution in [2.75, 3.05) is 62.0 Å². The monoisotopic (exact) mass is 330 g/mol. The Morgan fingerprint density at radius 1 is 1.00 bits per heavy atom. The van der Waals surface area contributed by atoms with Gasteiger partial charge in [-0.3, -0.25) is 9.32 Å². The van der Waals surface area contributed by atoms with Gasteiger partial charge in [0.1, 0.15) is 13.2 Å². The molecule has 0 aromatic rings. The second-order valence-corrected chi connectivity index (χ2v) is 8.09. The highest BCUT2D eigenvalue weighted by atomic mass is 31.2. The summed E-state index contributed by atoms with van der Waals surface area (Å²) in [7, 11) is 7.67. The van der Waals surface area contributed by atoms with Crippen LogP contribution in [0.25, 0.3) is 0 Å². The molecule has 128 valence electrons. The summed E-state index contributed by atoms with van der Waals surface area (Å²) in [5, 5.41) is 8.30. The van der Waals surface area contributed by atoms with E-state index in [0.717, 1.165) is 17.4 Å². The van der Waals surface area contributed by atoms with Crippen molar-refractivity contribution in [3.8, 4) is 0 Å². The van der Waals surface area contributed by atoms with Crippen LogP contribution in [0.5, 0.6) is 0 Å². The number of carboxylic acids is 1. The second-order valence-electron chi connectivity index (χ2n) is 6.85. The molecule has 0 aromatic heterocycles. The number of aliphatic carboxylic acids is 1. The largest absolute Gasteiger partial charge is 0.481 e. The molecule has 0 aliphatic rings. The lowest BCUT2D eigenvalue weighted by Gasteiger charge is -2.23. The van der Waals surface area contributed by atoms with Crippen LogP contribution in [0.4, 0.5) is 0 Å². The Hall–Kier alpha value is -0.500. The van der Waals surface area contributed by atoms with E-state index in [4.69, 9.17) is 14.9 Å². The summed E-state index contributed by atoms with van der Waals surface area (Å²) in [6.07, 6.45) is 1.05. The number of quaternary nitrogens is 2. The quantitative estimate of drug-likeness (QED) is 0.438. The molecular weight excluding hydrogens is 299 g/mol. The molecular formula is C12H31N2O6P+2. The molecule has 0 saturated carbocycles. The first-order chi connectivity index (χ1) is 9.12. The van der Waals surface area contributed by atoms with Gasteiger partial charge in [0.25, 0.3) is 0 Å². The second kappa shape index (κ2) is 9.50. The van der Waals surface area contributed by atoms with Gasteiger partial charge in [-0.15, -0.1) is 0 Å². The molecule has 21 heavy (non-hydrogen) atoms. The van der Waals surface area contributed by atoms with Crippen molar-refractivity contribution in [1.82, 2.24) is 0 Å². The van der Waals surface area contributed by atoms with Gasteiger partial charge in [0.2, 0.25) is 0 Å². The van der Waals surface area contributed by atoms with Gasteiger partial charge in [0, 0.05) is 6.42 Å². The van der Waals surface area contributed by atoms with Crippen LogP contribution in [-0.4, -0.2) is 91.8 Å². The lowest BCUT2D eigenvalue weighted by molar-refractivity contribution is -0.870. The molecule has 0 bridgehead atoms. The third-order valence-electron chi connectivity index (χ3n) is 2.24. The van der Waals surface area contributed by atoms with Gasteiger partial charge >= 0.3 is 13.8 Å². The Balaban J connectivity index is 0. The Bertz CT molecular complexity index is 343. The molecule has 0 amide bonds. The first-order valence-electron chi connectivity index (χ1n) is 6.65. The molecule has 0 rings (SSSR count). The molecule has 0 aliphatic heterocycles. The van der Waals surface area contributed by atoms with Crippen molar-refractivity contribution in [1.29, 1.82) is 0 Å². The van der Waals surface area contributed by atoms with Gasteiger partial charge in [0.15, 0.2) is 0 Å². The molecule has 3 N–H and O–H groups in total. The average Bonchev–Trinajstić information content (AvgIpc) is 2.10. The van der Waals surface area contributed by atoms with Crippen molar-refractivity contribution in [3.63, 3.8) is 0 Å². The first kappa shape index (κ1) is 22.8. The minimum atomic E-state index is -4.26. The Morgan fingerprint density at radius 2 is 1.43 bits per heavy atom. The molecule has 8 nitrogen and oxygen atoms in total. The average molecular weight is 330 g/mol. The molecule has 0 aliphatic carbocycles. The zero-order valence-corrected chi connectivity index (χ0v) is 14.8. The summed E-state index contributed by atoms with van der Waals surface area (Å²) in [6, 6.07) is 0. The van der Waals surface area contributed by atoms with E-state index in [1.165, 1.54) is 0 Å². The standard InChI is InChI=1S/C7H15NO2.C5H14NO4P/c1-8(2,3)6-4-5-7(9)10;1-6(2,3)4-5-10-11(7,8)9/h4-6H2,1-3H3;4-5H2,1-3H3,(H-,7,8,9)/p+2. The maximum Gasteiger partial charge on any atom is 0.469 e. The molecule has 0 fully saturated rings. The van der Waals surface area contributed by atoms with Crippen molar-refractivity contribution < 1.29 is 37.7 Å². The fourth-order valence-electron chi connectivity index (χ4n) is 1.14. The van der Waals surface area contributed by atoms with Gasteiger partial charge in [-0.05, 0) is 0 Å². The van der Waals surface area contributed by atoms with E-state index in [2.05, 4.69) is 25.7 Å². The molecule has 0 unspecified atom stereocenters. The fourth-order valence-corrected chi connectivity index (χ4v) is 1.46. The maximum atomic E-state index is 10.2. The van der Waals surface area contributed by atoms with Crippen LogP contribution in [0.1, 0.15) is 12.8 Å². The summed E-state index contributed by atoms with van der Waals surface area (Å²) in [4.78, 5) is 26.7. The summed E-state index contributed by atoms with van der Waals surface area (Å²) < 4.78 is 15.9. The van der Waals surface area contributed by atoms with Crippen LogP contribution in [0.2, 0.25) is 0 Å². The zero-order valence-electron chi connectivity index (χ0n) is 13.9. The summed E-state index contributed by atoms with van der Waals surface area (Å²) in [5.41, 5.74) is 0. The van der Waals surface area contributed by atoms with Crippen LogP contribution in [0.3, 0.4) is 0 Å². The molecule has 0 atom stereocenters. The minimum absolute atomic E-state index is 0.0772. The van der Waals surface area contributed by atoms with E-state index in [1.54, 1.807) is 0 Å². The van der Waals surface area contributed by atoms with Crippen LogP contribution in [0.15, 0.2) is 0 Å². The predicted octanol–water partition coefficient (Wildman–Crippen LogP) is 0.359. The first-order valence-corrected chi connectivity index (χ1v) is 8.18. The molecule has 0 heterocycles. The number of phosphoric ester groups is 1. The van der Waals surface area contributed by atoms with Crippen molar-refractivity contribution in [2.24, 2.45) is 0 Å². The number of carboxylic acid groups (broad SMARTS) is 1. The van der Waals surface area contributed by atoms with Crippen LogP contribution in [0, 0.1) is 0 Å². The maximum absolute atomic E-state index is 10.2. The lowest BCUT2D eigenvalue weighted by atomic mass is 10.3. The number of hydrogen-bond donors (Lipinski definition) is 3. The van der Waals surface area contributed by atoms with Crippen molar-refractivity contribution in [3.05, 3.63) is 0 Å². The summed E-state index contributed by atoms with van der Waals surface area (Å²) in [5.74, 6) is -0.701. The van der Waals surface area contributed by atoms with Gasteiger partial charge in [-0.2, -0.15) is 0 Å². The van der Waals surface area contributed by atoms with E-state index in [-0.39, 0.29) is 13.0 Å². The zero-order chi connectivity index (χ0) is 17.3. The van der Waals surface area contributed by atoms with Gasteiger partial charge in [0.05, 0.1) is 55.3 Å². The van der Waals surface area contributed by atoms with Crippen molar-refractivity contribution in [2.45, 2.75) is 12.8 Å². The third-order valence-corrected chi connectivity index (χ3v) is 2.76. The fraction of sp³-hybridized carbons (Fsp3) is 0.917. The van der Waals surface area contributed by atoms with Gasteiger partial charge in [-0.25, -0.2) is 4.57 Å². The Morgan fingerprint density at radius 3 is 1.71 bits per heavy atom. The van der Waals surface area contributed by atoms with Crippen LogP contribution < -0.4 is 0 Å². The minimum Gasteiger partial charge on any atom is -0.481 e. The SMILES string of the molecule is C[N+](C)(C)CCCC(=O)O.C[N+](C)(C)CCOP(=O)(O)O. The Labute approximate surface area is 127 Å². The van der Waals surface area contributed by atoms with E-state index in [0.29, 0.717) is 11.0 Å². The topological polar surface area (TPSA) is 104 Å². The van der Waals surface area contributed by atoms with E-state index < -0.39 is 13.8 Å². The smallest absolute Gasteiger partial charge is 0.469 e.